The SMILES string of the molecule is C[C@@H](O[C@H]1CC[C@H](CO[SH](=O)=O)[C@@H](CO[SH](=O)=O)[C@@H]1c1ccc(F)cc1)c1cc(C(F)(F)F)cc(C(F)(F)F)c1. The second kappa shape index (κ2) is 13.1. The Morgan fingerprint density at radius 3 is 1.85 bits per heavy atom. The molecule has 1 aliphatic carbocycles. The largest absolute Gasteiger partial charge is 0.416 e. The number of rotatable bonds is 10. The number of hydrogen-bond donors (Lipinski definition) is 2. The monoisotopic (exact) mass is 622 g/mol. The average molecular weight is 623 g/mol. The lowest BCUT2D eigenvalue weighted by Crippen LogP contribution is -2.42. The molecule has 2 aromatic carbocycles. The van der Waals surface area contributed by atoms with Gasteiger partial charge in [-0.1, -0.05) is 12.1 Å². The van der Waals surface area contributed by atoms with Crippen LogP contribution in [0.1, 0.15) is 54.0 Å². The third kappa shape index (κ3) is 8.61. The lowest BCUT2D eigenvalue weighted by molar-refractivity contribution is -0.143. The molecule has 0 spiro atoms. The molecule has 0 bridgehead atoms. The summed E-state index contributed by atoms with van der Waals surface area (Å²) in [6.45, 7) is 0.472. The number of halogens is 7. The van der Waals surface area contributed by atoms with Crippen LogP contribution < -0.4 is 0 Å². The molecule has 2 aromatic rings. The van der Waals surface area contributed by atoms with E-state index >= 15 is 0 Å². The Morgan fingerprint density at radius 2 is 1.35 bits per heavy atom. The summed E-state index contributed by atoms with van der Waals surface area (Å²) in [6, 6.07) is 6.07. The van der Waals surface area contributed by atoms with Gasteiger partial charge < -0.3 is 4.74 Å². The Morgan fingerprint density at radius 1 is 0.825 bits per heavy atom. The average Bonchev–Trinajstić information content (AvgIpc) is 2.85. The van der Waals surface area contributed by atoms with Crippen LogP contribution in [0.4, 0.5) is 30.7 Å². The van der Waals surface area contributed by atoms with Crippen molar-refractivity contribution in [2.45, 2.75) is 50.2 Å². The van der Waals surface area contributed by atoms with E-state index < -0.39 is 93.4 Å². The molecule has 0 aliphatic heterocycles. The maximum atomic E-state index is 13.7. The minimum absolute atomic E-state index is 0.00103. The Bertz CT molecular complexity index is 1260. The van der Waals surface area contributed by atoms with Crippen LogP contribution >= 0.6 is 0 Å². The molecular formula is C24H25F7O7S2. The summed E-state index contributed by atoms with van der Waals surface area (Å²) in [4.78, 5) is 0. The quantitative estimate of drug-likeness (QED) is 0.278. The molecule has 1 aliphatic rings. The van der Waals surface area contributed by atoms with Gasteiger partial charge in [0.05, 0.1) is 36.5 Å². The van der Waals surface area contributed by atoms with Crippen LogP contribution in [0.15, 0.2) is 42.5 Å². The van der Waals surface area contributed by atoms with Crippen molar-refractivity contribution < 1.29 is 60.7 Å². The van der Waals surface area contributed by atoms with Crippen molar-refractivity contribution in [3.63, 3.8) is 0 Å². The van der Waals surface area contributed by atoms with Crippen LogP contribution in [0.5, 0.6) is 0 Å². The minimum atomic E-state index is -5.07. The second-order valence-corrected chi connectivity index (χ2v) is 10.7. The Hall–Kier alpha value is -2.27. The summed E-state index contributed by atoms with van der Waals surface area (Å²) in [6.07, 6.45) is -12.0. The number of alkyl halides is 6. The standard InChI is InChI=1S/C24H25F7O7S2/c1-13(16-8-17(23(26,27)28)10-18(9-16)24(29,30)31)38-21-7-4-15(11-36-39(32)33)20(12-37-40(34)35)22(21)14-2-5-19(25)6-3-14/h2-3,5-6,8-10,13,15,20-22,39-40H,4,7,11-12H2,1H3/t13-,15-,20-,21+,22+/m1/s1. The molecule has 40 heavy (non-hydrogen) atoms. The molecule has 16 heteroatoms. The smallest absolute Gasteiger partial charge is 0.370 e. The number of benzene rings is 2. The highest BCUT2D eigenvalue weighted by Crippen LogP contribution is 2.46. The van der Waals surface area contributed by atoms with E-state index in [4.69, 9.17) is 13.1 Å². The highest BCUT2D eigenvalue weighted by atomic mass is 32.2. The van der Waals surface area contributed by atoms with Crippen molar-refractivity contribution in [1.82, 2.24) is 0 Å². The summed E-state index contributed by atoms with van der Waals surface area (Å²) >= 11 is 0. The predicted octanol–water partition coefficient (Wildman–Crippen LogP) is 5.21. The van der Waals surface area contributed by atoms with Crippen LogP contribution in [-0.4, -0.2) is 36.2 Å². The van der Waals surface area contributed by atoms with Crippen molar-refractivity contribution in [2.75, 3.05) is 13.2 Å². The molecular weight excluding hydrogens is 597 g/mol. The molecule has 0 amide bonds. The van der Waals surface area contributed by atoms with Gasteiger partial charge >= 0.3 is 12.4 Å². The normalized spacial score (nSPS) is 23.1. The van der Waals surface area contributed by atoms with E-state index in [1.54, 1.807) is 0 Å². The van der Waals surface area contributed by atoms with E-state index in [1.165, 1.54) is 19.1 Å². The Balaban J connectivity index is 2.02. The zero-order valence-corrected chi connectivity index (χ0v) is 22.4. The summed E-state index contributed by atoms with van der Waals surface area (Å²) in [5, 5.41) is 0. The van der Waals surface area contributed by atoms with Gasteiger partial charge in [0.15, 0.2) is 0 Å². The summed E-state index contributed by atoms with van der Waals surface area (Å²) < 4.78 is 154. The van der Waals surface area contributed by atoms with Gasteiger partial charge in [-0.3, -0.25) is 8.37 Å². The molecule has 224 valence electrons. The fourth-order valence-electron chi connectivity index (χ4n) is 4.95. The Labute approximate surface area is 228 Å². The number of ether oxygens (including phenoxy) is 1. The van der Waals surface area contributed by atoms with E-state index in [2.05, 4.69) is 0 Å². The highest BCUT2D eigenvalue weighted by molar-refractivity contribution is 7.67. The van der Waals surface area contributed by atoms with Crippen LogP contribution in [0, 0.1) is 17.7 Å². The van der Waals surface area contributed by atoms with Gasteiger partial charge in [-0.2, -0.15) is 26.3 Å². The van der Waals surface area contributed by atoms with Crippen LogP contribution in [0.3, 0.4) is 0 Å². The molecule has 7 nitrogen and oxygen atoms in total. The maximum absolute atomic E-state index is 13.7. The first-order valence-corrected chi connectivity index (χ1v) is 14.0. The van der Waals surface area contributed by atoms with Crippen molar-refractivity contribution in [3.05, 3.63) is 70.5 Å². The van der Waals surface area contributed by atoms with Crippen molar-refractivity contribution in [2.24, 2.45) is 11.8 Å². The molecule has 0 unspecified atom stereocenters. The predicted molar refractivity (Wildman–Crippen MR) is 128 cm³/mol. The van der Waals surface area contributed by atoms with E-state index in [0.717, 1.165) is 12.1 Å². The number of thiol groups is 2. The molecule has 3 rings (SSSR count). The number of hydrogen-bond acceptors (Lipinski definition) is 7. The van der Waals surface area contributed by atoms with Gasteiger partial charge in [0.25, 0.3) is 22.0 Å². The van der Waals surface area contributed by atoms with Gasteiger partial charge in [-0.15, -0.1) is 0 Å². The summed E-state index contributed by atoms with van der Waals surface area (Å²) in [5.41, 5.74) is -3.02. The van der Waals surface area contributed by atoms with E-state index in [0.29, 0.717) is 17.7 Å². The molecule has 0 aromatic heterocycles. The van der Waals surface area contributed by atoms with Crippen LogP contribution in [0.2, 0.25) is 0 Å². The molecule has 1 saturated carbocycles. The third-order valence-corrected chi connectivity index (χ3v) is 7.49. The van der Waals surface area contributed by atoms with Gasteiger partial charge in [0, 0.05) is 5.92 Å². The lowest BCUT2D eigenvalue weighted by Gasteiger charge is -2.43. The van der Waals surface area contributed by atoms with Crippen molar-refractivity contribution in [1.29, 1.82) is 0 Å². The fraction of sp³-hybridized carbons (Fsp3) is 0.500. The summed E-state index contributed by atoms with van der Waals surface area (Å²) in [7, 11) is -6.57. The molecule has 0 heterocycles. The third-order valence-electron chi connectivity index (χ3n) is 6.77. The first kappa shape index (κ1) is 32.2. The summed E-state index contributed by atoms with van der Waals surface area (Å²) in [5.74, 6) is -2.82. The lowest BCUT2D eigenvalue weighted by atomic mass is 9.68. The van der Waals surface area contributed by atoms with Gasteiger partial charge in [0.1, 0.15) is 5.82 Å². The zero-order chi connectivity index (χ0) is 29.8. The van der Waals surface area contributed by atoms with Gasteiger partial charge in [-0.05, 0) is 73.1 Å². The fourth-order valence-corrected chi connectivity index (χ4v) is 5.55. The van der Waals surface area contributed by atoms with Crippen LogP contribution in [0.25, 0.3) is 0 Å². The van der Waals surface area contributed by atoms with E-state index in [-0.39, 0.29) is 25.5 Å². The van der Waals surface area contributed by atoms with Crippen LogP contribution in [-0.2, 0) is 47.4 Å². The zero-order valence-electron chi connectivity index (χ0n) is 20.7. The van der Waals surface area contributed by atoms with E-state index in [1.807, 2.05) is 0 Å². The molecule has 5 atom stereocenters. The Kier molecular flexibility index (Phi) is 10.6. The van der Waals surface area contributed by atoms with Crippen molar-refractivity contribution in [3.8, 4) is 0 Å². The molecule has 0 radical (unpaired) electrons. The maximum Gasteiger partial charge on any atom is 0.416 e. The topological polar surface area (TPSA) is 96.0 Å². The van der Waals surface area contributed by atoms with Gasteiger partial charge in [-0.25, -0.2) is 21.2 Å². The van der Waals surface area contributed by atoms with Crippen molar-refractivity contribution >= 4 is 22.0 Å². The minimum Gasteiger partial charge on any atom is -0.370 e. The molecule has 0 saturated heterocycles. The van der Waals surface area contributed by atoms with Gasteiger partial charge in [0.2, 0.25) is 0 Å². The first-order valence-electron chi connectivity index (χ1n) is 11.8. The van der Waals surface area contributed by atoms with E-state index in [9.17, 15) is 47.6 Å². The molecule has 0 N–H and O–H groups in total. The molecule has 1 fully saturated rings. The highest BCUT2D eigenvalue weighted by Gasteiger charge is 2.43. The first-order chi connectivity index (χ1) is 18.6. The second-order valence-electron chi connectivity index (χ2n) is 9.27.